The fourth-order valence-electron chi connectivity index (χ4n) is 3.21. The van der Waals surface area contributed by atoms with E-state index in [0.29, 0.717) is 17.8 Å². The number of hydrogen-bond donors (Lipinski definition) is 1. The Kier molecular flexibility index (Phi) is 7.34. The number of aromatic nitrogens is 4. The first kappa shape index (κ1) is 23.5. The summed E-state index contributed by atoms with van der Waals surface area (Å²) in [6.07, 6.45) is 0.368. The second kappa shape index (κ2) is 9.99. The maximum Gasteiger partial charge on any atom is 0.247 e. The zero-order valence-corrected chi connectivity index (χ0v) is 19.4. The van der Waals surface area contributed by atoms with Crippen molar-refractivity contribution >= 4 is 23.2 Å². The van der Waals surface area contributed by atoms with E-state index in [-0.39, 0.29) is 19.0 Å². The van der Waals surface area contributed by atoms with Crippen molar-refractivity contribution in [2.24, 2.45) is 0 Å². The summed E-state index contributed by atoms with van der Waals surface area (Å²) in [5, 5.41) is 17.1. The third-order valence-electron chi connectivity index (χ3n) is 4.65. The number of nitrogens with zero attached hydrogens (tertiary/aromatic N) is 5. The van der Waals surface area contributed by atoms with E-state index >= 15 is 0 Å². The Balaban J connectivity index is 1.86. The number of hydrogen-bond acceptors (Lipinski definition) is 6. The van der Waals surface area contributed by atoms with Crippen molar-refractivity contribution in [3.63, 3.8) is 0 Å². The maximum atomic E-state index is 14.4. The summed E-state index contributed by atoms with van der Waals surface area (Å²) < 4.78 is 14.4. The van der Waals surface area contributed by atoms with Gasteiger partial charge >= 0.3 is 0 Å². The normalized spacial score (nSPS) is 12.4. The van der Waals surface area contributed by atoms with Crippen LogP contribution in [0.2, 0.25) is 0 Å². The van der Waals surface area contributed by atoms with E-state index < -0.39 is 23.3 Å². The maximum absolute atomic E-state index is 14.4. The van der Waals surface area contributed by atoms with E-state index in [4.69, 9.17) is 0 Å². The van der Waals surface area contributed by atoms with E-state index in [1.54, 1.807) is 18.2 Å². The van der Waals surface area contributed by atoms with Gasteiger partial charge < -0.3 is 10.2 Å². The molecule has 0 unspecified atom stereocenters. The van der Waals surface area contributed by atoms with Gasteiger partial charge in [0.15, 0.2) is 0 Å². The van der Waals surface area contributed by atoms with Crippen LogP contribution in [0.25, 0.3) is 10.7 Å². The lowest BCUT2D eigenvalue weighted by molar-refractivity contribution is -0.142. The first-order valence-electron chi connectivity index (χ1n) is 10.3. The number of carbonyl (C=O) groups excluding carboxylic acids is 2. The molecule has 1 atom stereocenters. The summed E-state index contributed by atoms with van der Waals surface area (Å²) in [6.45, 7) is 7.15. The van der Waals surface area contributed by atoms with Gasteiger partial charge in [-0.2, -0.15) is 4.80 Å². The van der Waals surface area contributed by atoms with E-state index in [9.17, 15) is 14.0 Å². The van der Waals surface area contributed by atoms with Crippen molar-refractivity contribution in [2.45, 2.75) is 58.8 Å². The van der Waals surface area contributed by atoms with Gasteiger partial charge in [0, 0.05) is 17.6 Å². The highest BCUT2D eigenvalue weighted by Crippen LogP contribution is 2.20. The molecule has 0 saturated carbocycles. The highest BCUT2D eigenvalue weighted by atomic mass is 32.1. The highest BCUT2D eigenvalue weighted by Gasteiger charge is 2.31. The fraction of sp³-hybridized carbons (Fsp3) is 0.409. The van der Waals surface area contributed by atoms with Gasteiger partial charge in [-0.15, -0.1) is 21.5 Å². The van der Waals surface area contributed by atoms with Crippen LogP contribution in [-0.4, -0.2) is 48.5 Å². The van der Waals surface area contributed by atoms with Crippen molar-refractivity contribution in [2.75, 3.05) is 0 Å². The number of halogens is 1. The molecule has 0 aliphatic rings. The standard InChI is InChI=1S/C22H27FN6O2S/c1-5-17(21(31)24-22(2,3)4)28(13-15-9-6-7-10-16(15)23)19(30)14-29-26-20(25-27-29)18-11-8-12-32-18/h6-12,17H,5,13-14H2,1-4H3,(H,24,31)/t17-/m1/s1. The Bertz CT molecular complexity index is 1060. The topological polar surface area (TPSA) is 93.0 Å². The quantitative estimate of drug-likeness (QED) is 0.559. The summed E-state index contributed by atoms with van der Waals surface area (Å²) in [7, 11) is 0. The largest absolute Gasteiger partial charge is 0.350 e. The monoisotopic (exact) mass is 458 g/mol. The van der Waals surface area contributed by atoms with Crippen LogP contribution in [0, 0.1) is 5.82 Å². The first-order chi connectivity index (χ1) is 15.2. The zero-order valence-electron chi connectivity index (χ0n) is 18.6. The lowest BCUT2D eigenvalue weighted by atomic mass is 10.1. The summed E-state index contributed by atoms with van der Waals surface area (Å²) in [5.74, 6) is -0.712. The molecule has 0 spiro atoms. The number of carbonyl (C=O) groups is 2. The second-order valence-electron chi connectivity index (χ2n) is 8.40. The highest BCUT2D eigenvalue weighted by molar-refractivity contribution is 7.13. The van der Waals surface area contributed by atoms with Gasteiger partial charge in [-0.3, -0.25) is 9.59 Å². The molecule has 2 amide bonds. The van der Waals surface area contributed by atoms with Gasteiger partial charge in [-0.1, -0.05) is 31.2 Å². The lowest BCUT2D eigenvalue weighted by Crippen LogP contribution is -2.54. The predicted molar refractivity (Wildman–Crippen MR) is 120 cm³/mol. The Hall–Kier alpha value is -3.14. The predicted octanol–water partition coefficient (Wildman–Crippen LogP) is 3.26. The van der Waals surface area contributed by atoms with Gasteiger partial charge in [0.1, 0.15) is 18.4 Å². The van der Waals surface area contributed by atoms with Crippen molar-refractivity contribution in [3.05, 3.63) is 53.2 Å². The average Bonchev–Trinajstić information content (AvgIpc) is 3.39. The molecule has 170 valence electrons. The summed E-state index contributed by atoms with van der Waals surface area (Å²) in [4.78, 5) is 29.7. The third-order valence-corrected chi connectivity index (χ3v) is 5.52. The number of thiophene rings is 1. The molecule has 0 saturated heterocycles. The van der Waals surface area contributed by atoms with Crippen molar-refractivity contribution in [1.82, 2.24) is 30.4 Å². The van der Waals surface area contributed by atoms with Crippen molar-refractivity contribution in [3.8, 4) is 10.7 Å². The van der Waals surface area contributed by atoms with E-state index in [0.717, 1.165) is 4.88 Å². The van der Waals surface area contributed by atoms with Gasteiger partial charge in [0.2, 0.25) is 17.6 Å². The van der Waals surface area contributed by atoms with Gasteiger partial charge in [0.25, 0.3) is 0 Å². The molecule has 10 heteroatoms. The number of rotatable bonds is 8. The van der Waals surface area contributed by atoms with Crippen LogP contribution in [0.4, 0.5) is 4.39 Å². The Labute approximate surface area is 190 Å². The molecule has 1 N–H and O–H groups in total. The number of benzene rings is 1. The third kappa shape index (κ3) is 5.97. The summed E-state index contributed by atoms with van der Waals surface area (Å²) in [5.41, 5.74) is -0.144. The molecule has 0 fully saturated rings. The zero-order chi connectivity index (χ0) is 23.3. The number of amides is 2. The minimum atomic E-state index is -0.776. The molecule has 0 aliphatic carbocycles. The average molecular weight is 459 g/mol. The second-order valence-corrected chi connectivity index (χ2v) is 9.34. The van der Waals surface area contributed by atoms with Crippen LogP contribution in [-0.2, 0) is 22.7 Å². The molecular formula is C22H27FN6O2S. The Morgan fingerprint density at radius 3 is 2.59 bits per heavy atom. The van der Waals surface area contributed by atoms with Crippen LogP contribution in [0.15, 0.2) is 41.8 Å². The number of tetrazole rings is 1. The van der Waals surface area contributed by atoms with E-state index in [1.807, 2.05) is 45.2 Å². The minimum Gasteiger partial charge on any atom is -0.350 e. The van der Waals surface area contributed by atoms with Crippen LogP contribution in [0.3, 0.4) is 0 Å². The Morgan fingerprint density at radius 2 is 1.97 bits per heavy atom. The summed E-state index contributed by atoms with van der Waals surface area (Å²) in [6, 6.07) is 9.18. The Morgan fingerprint density at radius 1 is 1.22 bits per heavy atom. The molecular weight excluding hydrogens is 431 g/mol. The molecule has 0 bridgehead atoms. The minimum absolute atomic E-state index is 0.0476. The van der Waals surface area contributed by atoms with Crippen LogP contribution >= 0.6 is 11.3 Å². The van der Waals surface area contributed by atoms with E-state index in [2.05, 4.69) is 20.7 Å². The van der Waals surface area contributed by atoms with Crippen LogP contribution in [0.1, 0.15) is 39.7 Å². The van der Waals surface area contributed by atoms with Crippen molar-refractivity contribution < 1.29 is 14.0 Å². The molecule has 32 heavy (non-hydrogen) atoms. The van der Waals surface area contributed by atoms with Crippen LogP contribution in [0.5, 0.6) is 0 Å². The number of nitrogens with one attached hydrogen (secondary N) is 1. The smallest absolute Gasteiger partial charge is 0.247 e. The van der Waals surface area contributed by atoms with Gasteiger partial charge in [-0.25, -0.2) is 4.39 Å². The summed E-state index contributed by atoms with van der Waals surface area (Å²) >= 11 is 1.47. The molecule has 8 nitrogen and oxygen atoms in total. The molecule has 0 aliphatic heterocycles. The van der Waals surface area contributed by atoms with E-state index in [1.165, 1.54) is 27.1 Å². The molecule has 1 aromatic carbocycles. The van der Waals surface area contributed by atoms with Gasteiger partial charge in [-0.05, 0) is 49.9 Å². The molecule has 2 aromatic heterocycles. The molecule has 3 rings (SSSR count). The molecule has 0 radical (unpaired) electrons. The molecule has 2 heterocycles. The van der Waals surface area contributed by atoms with Crippen LogP contribution < -0.4 is 5.32 Å². The van der Waals surface area contributed by atoms with Crippen molar-refractivity contribution in [1.29, 1.82) is 0 Å². The fourth-order valence-corrected chi connectivity index (χ4v) is 3.86. The lowest BCUT2D eigenvalue weighted by Gasteiger charge is -2.33. The molecule has 3 aromatic rings. The first-order valence-corrected chi connectivity index (χ1v) is 11.2. The van der Waals surface area contributed by atoms with Gasteiger partial charge in [0.05, 0.1) is 4.88 Å². The SMILES string of the molecule is CC[C@H](C(=O)NC(C)(C)C)N(Cc1ccccc1F)C(=O)Cn1nnc(-c2cccs2)n1.